The fourth-order valence-corrected chi connectivity index (χ4v) is 1.40. The zero-order valence-electron chi connectivity index (χ0n) is 8.95. The average Bonchev–Trinajstić information content (AvgIpc) is 2.18. The molecule has 0 amide bonds. The first-order valence-corrected chi connectivity index (χ1v) is 4.60. The lowest BCUT2D eigenvalue weighted by Gasteiger charge is -2.14. The second-order valence-corrected chi connectivity index (χ2v) is 3.46. The number of nitrogens with zero attached hydrogens (tertiary/aromatic N) is 1. The maximum atomic E-state index is 8.87. The van der Waals surface area contributed by atoms with Gasteiger partial charge in [-0.3, -0.25) is 4.90 Å². The summed E-state index contributed by atoms with van der Waals surface area (Å²) in [6.07, 6.45) is 0. The number of aliphatic hydroxyl groups excluding tert-OH is 1. The lowest BCUT2D eigenvalue weighted by Crippen LogP contribution is -2.18. The molecule has 1 rings (SSSR count). The number of hydrogen-bond donors (Lipinski definition) is 1. The molecule has 0 aliphatic heterocycles. The van der Waals surface area contributed by atoms with Crippen LogP contribution in [0.1, 0.15) is 11.1 Å². The molecule has 0 saturated carbocycles. The van der Waals surface area contributed by atoms with Crippen LogP contribution in [0.4, 0.5) is 0 Å². The van der Waals surface area contributed by atoms with Crippen molar-refractivity contribution in [2.45, 2.75) is 13.5 Å². The first kappa shape index (κ1) is 11.0. The molecule has 0 unspecified atom stereocenters. The van der Waals surface area contributed by atoms with Crippen molar-refractivity contribution >= 4 is 0 Å². The van der Waals surface area contributed by atoms with Gasteiger partial charge in [0.15, 0.2) is 0 Å². The van der Waals surface area contributed by atoms with Gasteiger partial charge in [-0.15, -0.1) is 0 Å². The number of benzene rings is 1. The third-order valence-electron chi connectivity index (χ3n) is 2.15. The van der Waals surface area contributed by atoms with E-state index in [1.165, 1.54) is 5.56 Å². The van der Waals surface area contributed by atoms with Gasteiger partial charge in [-0.2, -0.15) is 0 Å². The van der Waals surface area contributed by atoms with Gasteiger partial charge >= 0.3 is 0 Å². The summed E-state index contributed by atoms with van der Waals surface area (Å²) in [4.78, 5) is 1.83. The highest BCUT2D eigenvalue weighted by Gasteiger charge is 2.02. The van der Waals surface area contributed by atoms with Crippen LogP contribution in [0, 0.1) is 6.92 Å². The first-order chi connectivity index (χ1) is 6.67. The molecular weight excluding hydrogens is 178 g/mol. The summed E-state index contributed by atoms with van der Waals surface area (Å²) < 4.78 is 5.17. The zero-order chi connectivity index (χ0) is 10.6. The molecule has 0 bridgehead atoms. The first-order valence-electron chi connectivity index (χ1n) is 4.60. The maximum Gasteiger partial charge on any atom is 0.121 e. The Bertz CT molecular complexity index is 299. The van der Waals surface area contributed by atoms with Gasteiger partial charge in [0.1, 0.15) is 5.75 Å². The number of aliphatic hydroxyl groups is 1. The van der Waals surface area contributed by atoms with Crippen molar-refractivity contribution in [3.05, 3.63) is 29.3 Å². The van der Waals surface area contributed by atoms with E-state index in [9.17, 15) is 0 Å². The molecule has 0 aromatic heterocycles. The minimum atomic E-state index is 0.0745. The number of hydrogen-bond acceptors (Lipinski definition) is 3. The molecule has 0 heterocycles. The van der Waals surface area contributed by atoms with Gasteiger partial charge < -0.3 is 9.84 Å². The molecule has 0 fully saturated rings. The standard InChI is InChI=1S/C11H17NO2/c1-9-6-10(7-12(2)8-13)4-5-11(9)14-3/h4-6,13H,7-8H2,1-3H3. The Hall–Kier alpha value is -1.06. The normalized spacial score (nSPS) is 10.6. The average molecular weight is 195 g/mol. The third-order valence-corrected chi connectivity index (χ3v) is 2.15. The van der Waals surface area contributed by atoms with Crippen LogP contribution < -0.4 is 4.74 Å². The summed E-state index contributed by atoms with van der Waals surface area (Å²) in [5, 5.41) is 8.87. The Balaban J connectivity index is 2.76. The highest BCUT2D eigenvalue weighted by molar-refractivity contribution is 5.36. The van der Waals surface area contributed by atoms with Crippen LogP contribution in [-0.4, -0.2) is 30.9 Å². The third kappa shape index (κ3) is 2.72. The maximum absolute atomic E-state index is 8.87. The van der Waals surface area contributed by atoms with Crippen LogP contribution in [0.25, 0.3) is 0 Å². The van der Waals surface area contributed by atoms with Crippen molar-refractivity contribution in [3.8, 4) is 5.75 Å². The molecular formula is C11H17NO2. The molecule has 3 nitrogen and oxygen atoms in total. The van der Waals surface area contributed by atoms with E-state index in [2.05, 4.69) is 6.07 Å². The van der Waals surface area contributed by atoms with E-state index in [-0.39, 0.29) is 6.73 Å². The van der Waals surface area contributed by atoms with Gasteiger partial charge in [0.05, 0.1) is 13.8 Å². The van der Waals surface area contributed by atoms with Crippen LogP contribution in [0.3, 0.4) is 0 Å². The number of ether oxygens (including phenoxy) is 1. The minimum Gasteiger partial charge on any atom is -0.496 e. The van der Waals surface area contributed by atoms with Crippen molar-refractivity contribution in [1.82, 2.24) is 4.90 Å². The Morgan fingerprint density at radius 1 is 1.43 bits per heavy atom. The van der Waals surface area contributed by atoms with Gasteiger partial charge in [0.2, 0.25) is 0 Å². The fraction of sp³-hybridized carbons (Fsp3) is 0.455. The lowest BCUT2D eigenvalue weighted by molar-refractivity contribution is 0.127. The van der Waals surface area contributed by atoms with E-state index in [1.807, 2.05) is 31.0 Å². The predicted octanol–water partition coefficient (Wildman–Crippen LogP) is 1.39. The van der Waals surface area contributed by atoms with Crippen LogP contribution >= 0.6 is 0 Å². The largest absolute Gasteiger partial charge is 0.496 e. The minimum absolute atomic E-state index is 0.0745. The molecule has 0 aliphatic carbocycles. The molecule has 0 saturated heterocycles. The molecule has 0 atom stereocenters. The molecule has 1 N–H and O–H groups in total. The van der Waals surface area contributed by atoms with E-state index in [4.69, 9.17) is 9.84 Å². The van der Waals surface area contributed by atoms with Gasteiger partial charge in [0.25, 0.3) is 0 Å². The van der Waals surface area contributed by atoms with Crippen LogP contribution in [0.15, 0.2) is 18.2 Å². The van der Waals surface area contributed by atoms with Gasteiger partial charge in [-0.25, -0.2) is 0 Å². The smallest absolute Gasteiger partial charge is 0.121 e. The fourth-order valence-electron chi connectivity index (χ4n) is 1.40. The second kappa shape index (κ2) is 4.98. The Morgan fingerprint density at radius 3 is 2.64 bits per heavy atom. The molecule has 0 radical (unpaired) electrons. The number of methoxy groups -OCH3 is 1. The molecule has 0 aliphatic rings. The topological polar surface area (TPSA) is 32.7 Å². The molecule has 3 heteroatoms. The van der Waals surface area contributed by atoms with E-state index < -0.39 is 0 Å². The molecule has 78 valence electrons. The van der Waals surface area contributed by atoms with Gasteiger partial charge in [-0.05, 0) is 31.2 Å². The summed E-state index contributed by atoms with van der Waals surface area (Å²) in [6.45, 7) is 2.84. The Kier molecular flexibility index (Phi) is 3.92. The van der Waals surface area contributed by atoms with Crippen molar-refractivity contribution < 1.29 is 9.84 Å². The summed E-state index contributed by atoms with van der Waals surface area (Å²) in [5.41, 5.74) is 2.30. The number of rotatable bonds is 4. The quantitative estimate of drug-likeness (QED) is 0.737. The van der Waals surface area contributed by atoms with Crippen molar-refractivity contribution in [2.75, 3.05) is 20.9 Å². The zero-order valence-corrected chi connectivity index (χ0v) is 8.95. The van der Waals surface area contributed by atoms with Crippen LogP contribution in [-0.2, 0) is 6.54 Å². The van der Waals surface area contributed by atoms with Crippen LogP contribution in [0.5, 0.6) is 5.75 Å². The molecule has 14 heavy (non-hydrogen) atoms. The monoisotopic (exact) mass is 195 g/mol. The second-order valence-electron chi connectivity index (χ2n) is 3.46. The highest BCUT2D eigenvalue weighted by atomic mass is 16.5. The van der Waals surface area contributed by atoms with Gasteiger partial charge in [-0.1, -0.05) is 12.1 Å². The summed E-state index contributed by atoms with van der Waals surface area (Å²) >= 11 is 0. The Morgan fingerprint density at radius 2 is 2.14 bits per heavy atom. The number of aryl methyl sites for hydroxylation is 1. The SMILES string of the molecule is COc1ccc(CN(C)CO)cc1C. The van der Waals surface area contributed by atoms with E-state index >= 15 is 0 Å². The van der Waals surface area contributed by atoms with Crippen molar-refractivity contribution in [1.29, 1.82) is 0 Å². The summed E-state index contributed by atoms with van der Waals surface area (Å²) in [7, 11) is 3.54. The lowest BCUT2D eigenvalue weighted by atomic mass is 10.1. The highest BCUT2D eigenvalue weighted by Crippen LogP contribution is 2.18. The van der Waals surface area contributed by atoms with Gasteiger partial charge in [0, 0.05) is 6.54 Å². The van der Waals surface area contributed by atoms with Crippen LogP contribution in [0.2, 0.25) is 0 Å². The van der Waals surface area contributed by atoms with Crippen molar-refractivity contribution in [2.24, 2.45) is 0 Å². The molecule has 1 aromatic carbocycles. The van der Waals surface area contributed by atoms with E-state index in [0.29, 0.717) is 0 Å². The Labute approximate surface area is 84.9 Å². The van der Waals surface area contributed by atoms with E-state index in [0.717, 1.165) is 17.9 Å². The van der Waals surface area contributed by atoms with E-state index in [1.54, 1.807) is 7.11 Å². The predicted molar refractivity (Wildman–Crippen MR) is 56.3 cm³/mol. The summed E-state index contributed by atoms with van der Waals surface area (Å²) in [6, 6.07) is 6.04. The molecule has 1 aromatic rings. The molecule has 0 spiro atoms. The summed E-state index contributed by atoms with van der Waals surface area (Å²) in [5.74, 6) is 0.903. The van der Waals surface area contributed by atoms with Crippen molar-refractivity contribution in [3.63, 3.8) is 0 Å².